The third-order valence-electron chi connectivity index (χ3n) is 4.61. The zero-order valence-corrected chi connectivity index (χ0v) is 18.8. The molecule has 0 aliphatic carbocycles. The second-order valence-corrected chi connectivity index (χ2v) is 9.06. The van der Waals surface area contributed by atoms with Crippen LogP contribution in [0.5, 0.6) is 5.75 Å². The molecule has 3 aromatic carbocycles. The highest BCUT2D eigenvalue weighted by Crippen LogP contribution is 2.27. The molecule has 0 heterocycles. The molecule has 31 heavy (non-hydrogen) atoms. The summed E-state index contributed by atoms with van der Waals surface area (Å²) < 4.78 is 33.6. The minimum Gasteiger partial charge on any atom is -0.495 e. The number of carbonyl (C=O) groups excluding carboxylic acids is 1. The predicted octanol–water partition coefficient (Wildman–Crippen LogP) is 4.43. The molecule has 0 aliphatic rings. The molecule has 162 valence electrons. The maximum absolute atomic E-state index is 12.9. The van der Waals surface area contributed by atoms with Gasteiger partial charge in [0.1, 0.15) is 10.6 Å². The van der Waals surface area contributed by atoms with E-state index in [0.717, 1.165) is 11.1 Å². The zero-order valence-electron chi connectivity index (χ0n) is 17.2. The van der Waals surface area contributed by atoms with Crippen molar-refractivity contribution in [3.05, 3.63) is 88.4 Å². The summed E-state index contributed by atoms with van der Waals surface area (Å²) in [5, 5.41) is 3.44. The van der Waals surface area contributed by atoms with Crippen LogP contribution in [0.15, 0.2) is 71.6 Å². The van der Waals surface area contributed by atoms with E-state index >= 15 is 0 Å². The van der Waals surface area contributed by atoms with Crippen molar-refractivity contribution in [1.82, 2.24) is 5.32 Å². The number of carbonyl (C=O) groups is 1. The average Bonchev–Trinajstić information content (AvgIpc) is 2.74. The molecule has 0 saturated heterocycles. The van der Waals surface area contributed by atoms with Crippen molar-refractivity contribution in [2.45, 2.75) is 18.2 Å². The van der Waals surface area contributed by atoms with E-state index in [4.69, 9.17) is 16.3 Å². The Morgan fingerprint density at radius 2 is 1.77 bits per heavy atom. The van der Waals surface area contributed by atoms with Crippen LogP contribution in [0.2, 0.25) is 5.02 Å². The van der Waals surface area contributed by atoms with Gasteiger partial charge >= 0.3 is 0 Å². The topological polar surface area (TPSA) is 84.5 Å². The zero-order chi connectivity index (χ0) is 22.4. The van der Waals surface area contributed by atoms with Crippen molar-refractivity contribution in [3.8, 4) is 5.75 Å². The van der Waals surface area contributed by atoms with E-state index in [2.05, 4.69) is 10.0 Å². The first-order chi connectivity index (χ1) is 14.8. The number of rotatable bonds is 8. The third-order valence-corrected chi connectivity index (χ3v) is 6.24. The van der Waals surface area contributed by atoms with E-state index < -0.39 is 10.0 Å². The molecule has 0 aromatic heterocycles. The summed E-state index contributed by atoms with van der Waals surface area (Å²) in [6.45, 7) is 2.30. The maximum Gasteiger partial charge on any atom is 0.265 e. The molecular weight excluding hydrogens is 436 g/mol. The lowest BCUT2D eigenvalue weighted by Gasteiger charge is -2.13. The Hall–Kier alpha value is -3.03. The number of benzene rings is 3. The molecule has 8 heteroatoms. The van der Waals surface area contributed by atoms with Crippen molar-refractivity contribution in [3.63, 3.8) is 0 Å². The Bertz CT molecular complexity index is 1180. The van der Waals surface area contributed by atoms with Crippen LogP contribution >= 0.6 is 11.6 Å². The Balaban J connectivity index is 1.75. The van der Waals surface area contributed by atoms with Crippen LogP contribution in [0.25, 0.3) is 0 Å². The van der Waals surface area contributed by atoms with E-state index in [1.807, 2.05) is 25.1 Å². The number of amides is 1. The Kier molecular flexibility index (Phi) is 7.20. The van der Waals surface area contributed by atoms with E-state index in [1.54, 1.807) is 30.3 Å². The summed E-state index contributed by atoms with van der Waals surface area (Å²) in [4.78, 5) is 12.5. The second kappa shape index (κ2) is 9.85. The number of nitrogens with one attached hydrogen (secondary N) is 2. The fourth-order valence-electron chi connectivity index (χ4n) is 2.97. The third kappa shape index (κ3) is 5.99. The summed E-state index contributed by atoms with van der Waals surface area (Å²) in [6.07, 6.45) is 0.600. The van der Waals surface area contributed by atoms with Gasteiger partial charge in [-0.2, -0.15) is 0 Å². The quantitative estimate of drug-likeness (QED) is 0.523. The van der Waals surface area contributed by atoms with Crippen molar-refractivity contribution < 1.29 is 17.9 Å². The summed E-state index contributed by atoms with van der Waals surface area (Å²) >= 11 is 5.97. The van der Waals surface area contributed by atoms with Gasteiger partial charge in [-0.05, 0) is 61.4 Å². The molecule has 3 aromatic rings. The summed E-state index contributed by atoms with van der Waals surface area (Å²) in [5.74, 6) is -0.230. The highest BCUT2D eigenvalue weighted by molar-refractivity contribution is 7.92. The van der Waals surface area contributed by atoms with E-state index in [9.17, 15) is 13.2 Å². The highest BCUT2D eigenvalue weighted by atomic mass is 35.5. The van der Waals surface area contributed by atoms with E-state index in [0.29, 0.717) is 23.7 Å². The van der Waals surface area contributed by atoms with Gasteiger partial charge < -0.3 is 10.1 Å². The van der Waals surface area contributed by atoms with Crippen LogP contribution in [0.3, 0.4) is 0 Å². The van der Waals surface area contributed by atoms with Gasteiger partial charge in [0.2, 0.25) is 0 Å². The van der Waals surface area contributed by atoms with Gasteiger partial charge in [0, 0.05) is 22.8 Å². The van der Waals surface area contributed by atoms with Gasteiger partial charge in [-0.25, -0.2) is 8.42 Å². The standard InChI is InChI=1S/C23H23ClN2O4S/c1-16-6-9-20(10-7-16)26-31(28,29)22-15-18(8-11-21(22)30-2)23(27)25-13-12-17-4-3-5-19(24)14-17/h3-11,14-15,26H,12-13H2,1-2H3,(H,25,27). The van der Waals surface area contributed by atoms with Crippen molar-refractivity contribution >= 4 is 33.2 Å². The Morgan fingerprint density at radius 3 is 2.45 bits per heavy atom. The van der Waals surface area contributed by atoms with Crippen LogP contribution in [0.1, 0.15) is 21.5 Å². The minimum absolute atomic E-state index is 0.113. The number of hydrogen-bond acceptors (Lipinski definition) is 4. The van der Waals surface area contributed by atoms with E-state index in [1.165, 1.54) is 25.3 Å². The lowest BCUT2D eigenvalue weighted by molar-refractivity contribution is 0.0954. The molecule has 1 amide bonds. The van der Waals surface area contributed by atoms with Crippen LogP contribution in [0, 0.1) is 6.92 Å². The molecule has 0 fully saturated rings. The van der Waals surface area contributed by atoms with Gasteiger partial charge in [-0.15, -0.1) is 0 Å². The summed E-state index contributed by atoms with van der Waals surface area (Å²) in [7, 11) is -2.58. The molecule has 0 atom stereocenters. The van der Waals surface area contributed by atoms with Crippen LogP contribution in [0.4, 0.5) is 5.69 Å². The van der Waals surface area contributed by atoms with Gasteiger partial charge in [0.15, 0.2) is 0 Å². The molecule has 0 saturated carbocycles. The Morgan fingerprint density at radius 1 is 1.03 bits per heavy atom. The SMILES string of the molecule is COc1ccc(C(=O)NCCc2cccc(Cl)c2)cc1S(=O)(=O)Nc1ccc(C)cc1. The first kappa shape index (κ1) is 22.7. The van der Waals surface area contributed by atoms with Crippen LogP contribution in [-0.2, 0) is 16.4 Å². The number of methoxy groups -OCH3 is 1. The molecule has 2 N–H and O–H groups in total. The maximum atomic E-state index is 12.9. The van der Waals surface area contributed by atoms with Crippen molar-refractivity contribution in [2.24, 2.45) is 0 Å². The predicted molar refractivity (Wildman–Crippen MR) is 122 cm³/mol. The van der Waals surface area contributed by atoms with E-state index in [-0.39, 0.29) is 22.1 Å². The van der Waals surface area contributed by atoms with Gasteiger partial charge in [-0.3, -0.25) is 9.52 Å². The lowest BCUT2D eigenvalue weighted by atomic mass is 10.1. The molecule has 0 unspecified atom stereocenters. The second-order valence-electron chi connectivity index (χ2n) is 6.97. The first-order valence-electron chi connectivity index (χ1n) is 9.58. The number of sulfonamides is 1. The monoisotopic (exact) mass is 458 g/mol. The number of aryl methyl sites for hydroxylation is 1. The van der Waals surface area contributed by atoms with Gasteiger partial charge in [0.25, 0.3) is 15.9 Å². The fourth-order valence-corrected chi connectivity index (χ4v) is 4.44. The lowest BCUT2D eigenvalue weighted by Crippen LogP contribution is -2.26. The van der Waals surface area contributed by atoms with Crippen molar-refractivity contribution in [1.29, 1.82) is 0 Å². The molecular formula is C23H23ClN2O4S. The number of halogens is 1. The van der Waals surface area contributed by atoms with Gasteiger partial charge in [0.05, 0.1) is 7.11 Å². The molecule has 3 rings (SSSR count). The summed E-state index contributed by atoms with van der Waals surface area (Å²) in [5.41, 5.74) is 2.64. The Labute approximate surface area is 187 Å². The highest BCUT2D eigenvalue weighted by Gasteiger charge is 2.22. The smallest absolute Gasteiger partial charge is 0.265 e. The van der Waals surface area contributed by atoms with Crippen LogP contribution < -0.4 is 14.8 Å². The molecule has 0 radical (unpaired) electrons. The number of anilines is 1. The van der Waals surface area contributed by atoms with Crippen molar-refractivity contribution in [2.75, 3.05) is 18.4 Å². The minimum atomic E-state index is -3.96. The molecule has 6 nitrogen and oxygen atoms in total. The number of hydrogen-bond donors (Lipinski definition) is 2. The molecule has 0 bridgehead atoms. The molecule has 0 spiro atoms. The fraction of sp³-hybridized carbons (Fsp3) is 0.174. The van der Waals surface area contributed by atoms with Gasteiger partial charge in [-0.1, -0.05) is 41.4 Å². The largest absolute Gasteiger partial charge is 0.495 e. The molecule has 0 aliphatic heterocycles. The number of ether oxygens (including phenoxy) is 1. The summed E-state index contributed by atoms with van der Waals surface area (Å²) in [6, 6.07) is 18.7. The normalized spacial score (nSPS) is 11.1. The average molecular weight is 459 g/mol. The first-order valence-corrected chi connectivity index (χ1v) is 11.4. The van der Waals surface area contributed by atoms with Crippen LogP contribution in [-0.4, -0.2) is 28.0 Å².